The molecule has 1 aliphatic heterocycles. The van der Waals surface area contributed by atoms with Gasteiger partial charge in [0.25, 0.3) is 0 Å². The lowest BCUT2D eigenvalue weighted by molar-refractivity contribution is -0.230. The van der Waals surface area contributed by atoms with Crippen molar-refractivity contribution in [2.45, 2.75) is 31.0 Å². The molecular formula is C21H20O11. The standard InChI is InChI=1S/C21H20O11/c22-7-15-18(28)13(27)6-16(30-15)32-21-19(29)17-12(26)4-9(23)5-14(17)31-20(21)8-1-2-10(24)11(25)3-8/h1-5,13,15-16,18,22-28H,6-7H2. The molecule has 0 aliphatic carbocycles. The molecule has 32 heavy (non-hydrogen) atoms. The van der Waals surface area contributed by atoms with Crippen LogP contribution in [0.4, 0.5) is 0 Å². The van der Waals surface area contributed by atoms with Crippen LogP contribution in [0, 0.1) is 0 Å². The van der Waals surface area contributed by atoms with Crippen LogP contribution in [0.3, 0.4) is 0 Å². The molecule has 11 heteroatoms. The van der Waals surface area contributed by atoms with Crippen molar-refractivity contribution in [2.24, 2.45) is 0 Å². The van der Waals surface area contributed by atoms with E-state index in [0.717, 1.165) is 24.3 Å². The molecule has 4 rings (SSSR count). The Bertz CT molecular complexity index is 1220. The number of hydrogen-bond donors (Lipinski definition) is 7. The number of phenols is 4. The molecule has 0 bridgehead atoms. The number of benzene rings is 2. The van der Waals surface area contributed by atoms with E-state index >= 15 is 0 Å². The van der Waals surface area contributed by atoms with Crippen molar-refractivity contribution in [1.29, 1.82) is 0 Å². The Labute approximate surface area is 179 Å². The highest BCUT2D eigenvalue weighted by molar-refractivity contribution is 5.88. The molecule has 1 aromatic heterocycles. The minimum Gasteiger partial charge on any atom is -0.508 e. The lowest BCUT2D eigenvalue weighted by atomic mass is 10.0. The average Bonchev–Trinajstić information content (AvgIpc) is 2.73. The van der Waals surface area contributed by atoms with Crippen molar-refractivity contribution in [3.63, 3.8) is 0 Å². The van der Waals surface area contributed by atoms with Crippen LogP contribution < -0.4 is 10.2 Å². The predicted molar refractivity (Wildman–Crippen MR) is 108 cm³/mol. The van der Waals surface area contributed by atoms with Crippen LogP contribution in [-0.4, -0.2) is 67.0 Å². The Balaban J connectivity index is 1.88. The number of aromatic hydroxyl groups is 4. The summed E-state index contributed by atoms with van der Waals surface area (Å²) in [5.74, 6) is -2.57. The highest BCUT2D eigenvalue weighted by Gasteiger charge is 2.38. The number of ether oxygens (including phenoxy) is 2. The molecule has 2 aromatic carbocycles. The molecule has 1 aliphatic rings. The van der Waals surface area contributed by atoms with Gasteiger partial charge in [-0.3, -0.25) is 4.79 Å². The molecule has 0 saturated carbocycles. The summed E-state index contributed by atoms with van der Waals surface area (Å²) >= 11 is 0. The lowest BCUT2D eigenvalue weighted by Crippen LogP contribution is -2.51. The first-order chi connectivity index (χ1) is 15.2. The molecule has 1 saturated heterocycles. The third-order valence-corrected chi connectivity index (χ3v) is 5.12. The number of rotatable bonds is 4. The van der Waals surface area contributed by atoms with E-state index in [0.29, 0.717) is 0 Å². The van der Waals surface area contributed by atoms with E-state index in [2.05, 4.69) is 0 Å². The second kappa shape index (κ2) is 8.20. The summed E-state index contributed by atoms with van der Waals surface area (Å²) in [6.07, 6.45) is -5.40. The van der Waals surface area contributed by atoms with Crippen molar-refractivity contribution >= 4 is 11.0 Å². The summed E-state index contributed by atoms with van der Waals surface area (Å²) in [5.41, 5.74) is -0.932. The van der Waals surface area contributed by atoms with Crippen molar-refractivity contribution in [1.82, 2.24) is 0 Å². The van der Waals surface area contributed by atoms with E-state index in [4.69, 9.17) is 13.9 Å². The summed E-state index contributed by atoms with van der Waals surface area (Å²) in [6.45, 7) is -0.622. The number of fused-ring (bicyclic) bond motifs is 1. The predicted octanol–water partition coefficient (Wildman–Crippen LogP) is 0.490. The number of aliphatic hydroxyl groups is 3. The van der Waals surface area contributed by atoms with Crippen molar-refractivity contribution in [3.8, 4) is 40.1 Å². The van der Waals surface area contributed by atoms with E-state index in [1.54, 1.807) is 0 Å². The van der Waals surface area contributed by atoms with Crippen molar-refractivity contribution in [2.75, 3.05) is 6.61 Å². The number of hydrogen-bond acceptors (Lipinski definition) is 11. The van der Waals surface area contributed by atoms with Gasteiger partial charge >= 0.3 is 0 Å². The van der Waals surface area contributed by atoms with Crippen LogP contribution in [0.25, 0.3) is 22.3 Å². The van der Waals surface area contributed by atoms with Crippen LogP contribution in [0.15, 0.2) is 39.5 Å². The fraction of sp³-hybridized carbons (Fsp3) is 0.286. The maximum atomic E-state index is 13.2. The average molecular weight is 448 g/mol. The summed E-state index contributed by atoms with van der Waals surface area (Å²) in [6, 6.07) is 5.62. The number of aliphatic hydroxyl groups excluding tert-OH is 3. The Morgan fingerprint density at radius 1 is 1.00 bits per heavy atom. The second-order valence-corrected chi connectivity index (χ2v) is 7.33. The van der Waals surface area contributed by atoms with Gasteiger partial charge in [-0.05, 0) is 18.2 Å². The maximum absolute atomic E-state index is 13.2. The Hall–Kier alpha value is -3.51. The monoisotopic (exact) mass is 448 g/mol. The maximum Gasteiger partial charge on any atom is 0.239 e. The third kappa shape index (κ3) is 3.78. The third-order valence-electron chi connectivity index (χ3n) is 5.12. The van der Waals surface area contributed by atoms with Gasteiger partial charge in [-0.15, -0.1) is 0 Å². The summed E-state index contributed by atoms with van der Waals surface area (Å²) < 4.78 is 16.8. The zero-order chi connectivity index (χ0) is 23.2. The molecule has 4 atom stereocenters. The second-order valence-electron chi connectivity index (χ2n) is 7.33. The van der Waals surface area contributed by atoms with Crippen LogP contribution in [-0.2, 0) is 4.74 Å². The first-order valence-corrected chi connectivity index (χ1v) is 9.53. The van der Waals surface area contributed by atoms with Crippen LogP contribution in [0.2, 0.25) is 0 Å². The Kier molecular flexibility index (Phi) is 5.57. The van der Waals surface area contributed by atoms with E-state index in [9.17, 15) is 40.5 Å². The van der Waals surface area contributed by atoms with Gasteiger partial charge in [-0.25, -0.2) is 0 Å². The molecule has 7 N–H and O–H groups in total. The van der Waals surface area contributed by atoms with Crippen LogP contribution in [0.1, 0.15) is 6.42 Å². The van der Waals surface area contributed by atoms with Crippen LogP contribution >= 0.6 is 0 Å². The first-order valence-electron chi connectivity index (χ1n) is 9.53. The molecule has 2 heterocycles. The van der Waals surface area contributed by atoms with Gasteiger partial charge in [0.15, 0.2) is 17.3 Å². The molecule has 0 spiro atoms. The van der Waals surface area contributed by atoms with Gasteiger partial charge < -0.3 is 49.6 Å². The quantitative estimate of drug-likeness (QED) is 0.275. The Morgan fingerprint density at radius 2 is 1.75 bits per heavy atom. The lowest BCUT2D eigenvalue weighted by Gasteiger charge is -2.36. The fourth-order valence-corrected chi connectivity index (χ4v) is 3.50. The molecule has 0 amide bonds. The van der Waals surface area contributed by atoms with E-state index in [-0.39, 0.29) is 34.5 Å². The van der Waals surface area contributed by atoms with Crippen molar-refractivity contribution < 1.29 is 49.6 Å². The topological polar surface area (TPSA) is 190 Å². The SMILES string of the molecule is O=c1c(OC2CC(O)C(O)C(CO)O2)c(-c2ccc(O)c(O)c2)oc2cc(O)cc(O)c12. The molecule has 4 unspecified atom stereocenters. The normalized spacial score (nSPS) is 23.3. The molecule has 170 valence electrons. The number of phenolic OH excluding ortho intramolecular Hbond substituents is 4. The van der Waals surface area contributed by atoms with E-state index in [1.165, 1.54) is 6.07 Å². The van der Waals surface area contributed by atoms with E-state index < -0.39 is 59.6 Å². The van der Waals surface area contributed by atoms with Gasteiger partial charge in [0.2, 0.25) is 17.5 Å². The smallest absolute Gasteiger partial charge is 0.239 e. The molecule has 1 fully saturated rings. The molecular weight excluding hydrogens is 428 g/mol. The summed E-state index contributed by atoms with van der Waals surface area (Å²) in [4.78, 5) is 13.2. The van der Waals surface area contributed by atoms with Crippen LogP contribution in [0.5, 0.6) is 28.7 Å². The highest BCUT2D eigenvalue weighted by atomic mass is 16.7. The first kappa shape index (κ1) is 21.7. The summed E-state index contributed by atoms with van der Waals surface area (Å²) in [7, 11) is 0. The zero-order valence-electron chi connectivity index (χ0n) is 16.4. The molecule has 11 nitrogen and oxygen atoms in total. The van der Waals surface area contributed by atoms with Gasteiger partial charge in [0.05, 0.1) is 12.7 Å². The van der Waals surface area contributed by atoms with E-state index in [1.807, 2.05) is 0 Å². The minimum atomic E-state index is -1.37. The van der Waals surface area contributed by atoms with Gasteiger partial charge in [0, 0.05) is 24.1 Å². The molecule has 3 aromatic rings. The van der Waals surface area contributed by atoms with Gasteiger partial charge in [-0.2, -0.15) is 0 Å². The van der Waals surface area contributed by atoms with Gasteiger partial charge in [0.1, 0.15) is 34.7 Å². The Morgan fingerprint density at radius 3 is 2.44 bits per heavy atom. The molecule has 0 radical (unpaired) electrons. The van der Waals surface area contributed by atoms with Gasteiger partial charge in [-0.1, -0.05) is 0 Å². The summed E-state index contributed by atoms with van der Waals surface area (Å²) in [5, 5.41) is 68.4. The fourth-order valence-electron chi connectivity index (χ4n) is 3.50. The highest BCUT2D eigenvalue weighted by Crippen LogP contribution is 2.39. The minimum absolute atomic E-state index is 0.104. The largest absolute Gasteiger partial charge is 0.508 e. The van der Waals surface area contributed by atoms with Crippen molar-refractivity contribution in [3.05, 3.63) is 40.6 Å². The zero-order valence-corrected chi connectivity index (χ0v) is 16.4.